The van der Waals surface area contributed by atoms with Gasteiger partial charge in [0, 0.05) is 6.20 Å². The van der Waals surface area contributed by atoms with E-state index in [2.05, 4.69) is 10.5 Å². The SMILES string of the molecule is ON=C1C(Cl)=CCC2=CC(Cl)=CNC21. The molecular weight excluding hydrogens is 223 g/mol. The molecule has 1 unspecified atom stereocenters. The fourth-order valence-corrected chi connectivity index (χ4v) is 1.99. The second kappa shape index (κ2) is 3.67. The van der Waals surface area contributed by atoms with Gasteiger partial charge in [0.05, 0.1) is 16.1 Å². The minimum atomic E-state index is -0.153. The molecule has 14 heavy (non-hydrogen) atoms. The van der Waals surface area contributed by atoms with E-state index >= 15 is 0 Å². The van der Waals surface area contributed by atoms with Crippen LogP contribution >= 0.6 is 23.2 Å². The highest BCUT2D eigenvalue weighted by Gasteiger charge is 2.28. The van der Waals surface area contributed by atoms with Crippen molar-refractivity contribution in [3.8, 4) is 0 Å². The van der Waals surface area contributed by atoms with Crippen LogP contribution in [-0.4, -0.2) is 17.0 Å². The van der Waals surface area contributed by atoms with Crippen LogP contribution in [0.3, 0.4) is 0 Å². The molecule has 1 aliphatic heterocycles. The fourth-order valence-electron chi connectivity index (χ4n) is 1.56. The van der Waals surface area contributed by atoms with Crippen LogP contribution in [0.5, 0.6) is 0 Å². The molecule has 0 fully saturated rings. The van der Waals surface area contributed by atoms with Crippen LogP contribution in [0.15, 0.2) is 39.1 Å². The van der Waals surface area contributed by atoms with Gasteiger partial charge in [-0.3, -0.25) is 0 Å². The predicted molar refractivity (Wildman–Crippen MR) is 56.7 cm³/mol. The Morgan fingerprint density at radius 2 is 2.29 bits per heavy atom. The first-order chi connectivity index (χ1) is 6.72. The molecule has 3 nitrogen and oxygen atoms in total. The lowest BCUT2D eigenvalue weighted by atomic mass is 9.92. The minimum absolute atomic E-state index is 0.153. The van der Waals surface area contributed by atoms with Crippen molar-refractivity contribution in [1.29, 1.82) is 0 Å². The lowest BCUT2D eigenvalue weighted by Gasteiger charge is -2.27. The summed E-state index contributed by atoms with van der Waals surface area (Å²) in [5.74, 6) is 0. The Kier molecular flexibility index (Phi) is 2.52. The molecule has 0 spiro atoms. The number of oxime groups is 1. The summed E-state index contributed by atoms with van der Waals surface area (Å²) in [6.45, 7) is 0. The molecule has 0 aromatic rings. The molecule has 2 N–H and O–H groups in total. The van der Waals surface area contributed by atoms with Gasteiger partial charge < -0.3 is 10.5 Å². The van der Waals surface area contributed by atoms with Crippen molar-refractivity contribution in [2.45, 2.75) is 12.5 Å². The normalized spacial score (nSPS) is 28.6. The average Bonchev–Trinajstić information content (AvgIpc) is 2.18. The van der Waals surface area contributed by atoms with Gasteiger partial charge in [0.15, 0.2) is 0 Å². The van der Waals surface area contributed by atoms with Crippen LogP contribution in [0.4, 0.5) is 0 Å². The van der Waals surface area contributed by atoms with Gasteiger partial charge in [0.2, 0.25) is 0 Å². The number of rotatable bonds is 0. The summed E-state index contributed by atoms with van der Waals surface area (Å²) >= 11 is 11.7. The molecule has 0 amide bonds. The molecule has 0 aromatic heterocycles. The van der Waals surface area contributed by atoms with E-state index in [9.17, 15) is 0 Å². The Morgan fingerprint density at radius 3 is 3.00 bits per heavy atom. The monoisotopic (exact) mass is 230 g/mol. The smallest absolute Gasteiger partial charge is 0.124 e. The third-order valence-corrected chi connectivity index (χ3v) is 2.79. The van der Waals surface area contributed by atoms with E-state index in [-0.39, 0.29) is 6.04 Å². The zero-order valence-electron chi connectivity index (χ0n) is 7.17. The molecule has 1 aliphatic carbocycles. The van der Waals surface area contributed by atoms with Gasteiger partial charge in [-0.05, 0) is 18.1 Å². The van der Waals surface area contributed by atoms with E-state index in [1.807, 2.05) is 6.08 Å². The summed E-state index contributed by atoms with van der Waals surface area (Å²) in [4.78, 5) is 0. The zero-order chi connectivity index (χ0) is 10.1. The molecule has 0 aromatic carbocycles. The molecule has 74 valence electrons. The van der Waals surface area contributed by atoms with Gasteiger partial charge in [0.25, 0.3) is 0 Å². The Bertz CT molecular complexity index is 382. The molecule has 1 atom stereocenters. The maximum Gasteiger partial charge on any atom is 0.124 e. The Morgan fingerprint density at radius 1 is 1.50 bits per heavy atom. The highest BCUT2D eigenvalue weighted by molar-refractivity contribution is 6.45. The van der Waals surface area contributed by atoms with Crippen LogP contribution < -0.4 is 5.32 Å². The first-order valence-corrected chi connectivity index (χ1v) is 4.88. The van der Waals surface area contributed by atoms with E-state index in [0.717, 1.165) is 12.0 Å². The summed E-state index contributed by atoms with van der Waals surface area (Å²) in [6, 6.07) is -0.153. The quantitative estimate of drug-likeness (QED) is 0.496. The van der Waals surface area contributed by atoms with Gasteiger partial charge in [0.1, 0.15) is 5.71 Å². The number of nitrogens with zero attached hydrogens (tertiary/aromatic N) is 1. The predicted octanol–water partition coefficient (Wildman–Crippen LogP) is 2.32. The maximum absolute atomic E-state index is 8.81. The van der Waals surface area contributed by atoms with E-state index in [4.69, 9.17) is 28.4 Å². The molecule has 0 saturated heterocycles. The number of nitrogens with one attached hydrogen (secondary N) is 1. The van der Waals surface area contributed by atoms with Gasteiger partial charge in [-0.25, -0.2) is 0 Å². The second-order valence-corrected chi connectivity index (χ2v) is 3.93. The van der Waals surface area contributed by atoms with Gasteiger partial charge in [-0.1, -0.05) is 34.4 Å². The minimum Gasteiger partial charge on any atom is -0.411 e. The van der Waals surface area contributed by atoms with Crippen LogP contribution in [0.1, 0.15) is 6.42 Å². The maximum atomic E-state index is 8.81. The van der Waals surface area contributed by atoms with Crippen molar-refractivity contribution < 1.29 is 5.21 Å². The van der Waals surface area contributed by atoms with Gasteiger partial charge >= 0.3 is 0 Å². The summed E-state index contributed by atoms with van der Waals surface area (Å²) in [5, 5.41) is 16.1. The van der Waals surface area contributed by atoms with Crippen molar-refractivity contribution in [1.82, 2.24) is 5.32 Å². The van der Waals surface area contributed by atoms with Crippen LogP contribution in [-0.2, 0) is 0 Å². The topological polar surface area (TPSA) is 44.6 Å². The summed E-state index contributed by atoms with van der Waals surface area (Å²) in [6.07, 6.45) is 6.04. The molecule has 0 saturated carbocycles. The summed E-state index contributed by atoms with van der Waals surface area (Å²) < 4.78 is 0. The fraction of sp³-hybridized carbons (Fsp3) is 0.222. The number of hydrogen-bond donors (Lipinski definition) is 2. The first kappa shape index (κ1) is 9.62. The third-order valence-electron chi connectivity index (χ3n) is 2.22. The van der Waals surface area contributed by atoms with Crippen LogP contribution in [0.2, 0.25) is 0 Å². The van der Waals surface area contributed by atoms with Gasteiger partial charge in [-0.15, -0.1) is 0 Å². The van der Waals surface area contributed by atoms with E-state index in [1.165, 1.54) is 0 Å². The van der Waals surface area contributed by atoms with Crippen molar-refractivity contribution in [3.63, 3.8) is 0 Å². The van der Waals surface area contributed by atoms with Crippen LogP contribution in [0, 0.1) is 0 Å². The second-order valence-electron chi connectivity index (χ2n) is 3.09. The molecule has 0 bridgehead atoms. The van der Waals surface area contributed by atoms with E-state index < -0.39 is 0 Å². The van der Waals surface area contributed by atoms with E-state index in [1.54, 1.807) is 12.3 Å². The lowest BCUT2D eigenvalue weighted by molar-refractivity contribution is 0.317. The summed E-state index contributed by atoms with van der Waals surface area (Å²) in [7, 11) is 0. The van der Waals surface area contributed by atoms with E-state index in [0.29, 0.717) is 15.8 Å². The number of halogens is 2. The number of fused-ring (bicyclic) bond motifs is 1. The van der Waals surface area contributed by atoms with Crippen LogP contribution in [0.25, 0.3) is 0 Å². The lowest BCUT2D eigenvalue weighted by Crippen LogP contribution is -2.39. The molecule has 5 heteroatoms. The third kappa shape index (κ3) is 1.53. The standard InChI is InChI=1S/C9H8Cl2N2O/c10-6-3-5-1-2-7(11)9(13-14)8(5)12-4-6/h2-4,8,12,14H,1H2. The number of allylic oxidation sites excluding steroid dienone is 3. The Hall–Kier alpha value is -0.930. The summed E-state index contributed by atoms with van der Waals surface area (Å²) in [5.41, 5.74) is 1.49. The number of hydrogen-bond acceptors (Lipinski definition) is 3. The van der Waals surface area contributed by atoms with Crippen molar-refractivity contribution in [3.05, 3.63) is 34.0 Å². The first-order valence-electron chi connectivity index (χ1n) is 4.12. The largest absolute Gasteiger partial charge is 0.411 e. The molecule has 2 rings (SSSR count). The highest BCUT2D eigenvalue weighted by Crippen LogP contribution is 2.28. The molecule has 2 aliphatic rings. The Balaban J connectivity index is 2.39. The molecule has 0 radical (unpaired) electrons. The molecular formula is C9H8Cl2N2O. The zero-order valence-corrected chi connectivity index (χ0v) is 8.68. The Labute approximate surface area is 91.4 Å². The highest BCUT2D eigenvalue weighted by atomic mass is 35.5. The number of dihydropyridines is 1. The van der Waals surface area contributed by atoms with Gasteiger partial charge in [-0.2, -0.15) is 0 Å². The van der Waals surface area contributed by atoms with Crippen molar-refractivity contribution in [2.75, 3.05) is 0 Å². The van der Waals surface area contributed by atoms with Crippen molar-refractivity contribution in [2.24, 2.45) is 5.16 Å². The molecule has 1 heterocycles. The average molecular weight is 231 g/mol. The van der Waals surface area contributed by atoms with Crippen molar-refractivity contribution >= 4 is 28.9 Å².